The van der Waals surface area contributed by atoms with Gasteiger partial charge in [-0.05, 0) is 30.9 Å². The highest BCUT2D eigenvalue weighted by molar-refractivity contribution is 5.90. The molecule has 1 aliphatic carbocycles. The lowest BCUT2D eigenvalue weighted by atomic mass is 9.82. The van der Waals surface area contributed by atoms with Crippen molar-refractivity contribution in [2.45, 2.75) is 18.9 Å². The van der Waals surface area contributed by atoms with Crippen molar-refractivity contribution in [1.82, 2.24) is 4.90 Å². The van der Waals surface area contributed by atoms with Crippen LogP contribution >= 0.6 is 0 Å². The number of anilines is 1. The number of carbonyl (C=O) groups excluding carboxylic acids is 1. The number of aliphatic hydroxyl groups is 1. The molecular formula is C14H20N2O3. The number of carbonyl (C=O) groups is 1. The normalized spacial score (nSPS) is 21.4. The van der Waals surface area contributed by atoms with Crippen molar-refractivity contribution >= 4 is 11.7 Å². The van der Waals surface area contributed by atoms with E-state index in [0.717, 1.165) is 12.8 Å². The van der Waals surface area contributed by atoms with E-state index in [1.165, 1.54) is 0 Å². The van der Waals surface area contributed by atoms with Gasteiger partial charge in [0.1, 0.15) is 5.75 Å². The molecule has 19 heavy (non-hydrogen) atoms. The third-order valence-electron chi connectivity index (χ3n) is 3.44. The van der Waals surface area contributed by atoms with Gasteiger partial charge in [0.05, 0.1) is 18.9 Å². The van der Waals surface area contributed by atoms with E-state index < -0.39 is 0 Å². The molecule has 0 atom stereocenters. The lowest BCUT2D eigenvalue weighted by Crippen LogP contribution is -2.41. The summed E-state index contributed by atoms with van der Waals surface area (Å²) in [4.78, 5) is 13.7. The summed E-state index contributed by atoms with van der Waals surface area (Å²) in [7, 11) is 3.33. The Kier molecular flexibility index (Phi) is 4.27. The van der Waals surface area contributed by atoms with Crippen molar-refractivity contribution in [3.05, 3.63) is 24.3 Å². The highest BCUT2D eigenvalue weighted by atomic mass is 16.5. The van der Waals surface area contributed by atoms with Gasteiger partial charge in [0.25, 0.3) is 0 Å². The van der Waals surface area contributed by atoms with Gasteiger partial charge in [0.15, 0.2) is 0 Å². The van der Waals surface area contributed by atoms with Gasteiger partial charge in [-0.25, -0.2) is 4.79 Å². The third kappa shape index (κ3) is 3.38. The van der Waals surface area contributed by atoms with Gasteiger partial charge in [-0.2, -0.15) is 0 Å². The molecule has 0 heterocycles. The monoisotopic (exact) mass is 264 g/mol. The van der Waals surface area contributed by atoms with Crippen LogP contribution < -0.4 is 10.1 Å². The number of rotatable bonds is 4. The Hall–Kier alpha value is -1.75. The van der Waals surface area contributed by atoms with E-state index in [0.29, 0.717) is 23.9 Å². The van der Waals surface area contributed by atoms with Crippen LogP contribution in [0, 0.1) is 5.92 Å². The maximum absolute atomic E-state index is 12.0. The number of ether oxygens (including phenoxy) is 1. The van der Waals surface area contributed by atoms with Crippen LogP contribution in [0.4, 0.5) is 10.5 Å². The van der Waals surface area contributed by atoms with Crippen LogP contribution in [0.5, 0.6) is 5.75 Å². The molecule has 0 bridgehead atoms. The van der Waals surface area contributed by atoms with Crippen LogP contribution in [-0.2, 0) is 0 Å². The van der Waals surface area contributed by atoms with Crippen LogP contribution in [0.3, 0.4) is 0 Å². The van der Waals surface area contributed by atoms with Crippen molar-refractivity contribution in [2.75, 3.05) is 26.0 Å². The number of aliphatic hydroxyl groups excluding tert-OH is 1. The number of amides is 2. The first kappa shape index (κ1) is 13.7. The Morgan fingerprint density at radius 1 is 1.47 bits per heavy atom. The second-order valence-electron chi connectivity index (χ2n) is 5.00. The second kappa shape index (κ2) is 5.93. The molecule has 0 aromatic heterocycles. The van der Waals surface area contributed by atoms with Crippen LogP contribution in [0.1, 0.15) is 12.8 Å². The molecule has 1 saturated carbocycles. The Morgan fingerprint density at radius 3 is 2.79 bits per heavy atom. The second-order valence-corrected chi connectivity index (χ2v) is 5.00. The largest absolute Gasteiger partial charge is 0.495 e. The summed E-state index contributed by atoms with van der Waals surface area (Å²) < 4.78 is 5.19. The number of para-hydroxylation sites is 2. The summed E-state index contributed by atoms with van der Waals surface area (Å²) in [5, 5.41) is 12.1. The number of urea groups is 1. The van der Waals surface area contributed by atoms with Crippen molar-refractivity contribution in [2.24, 2.45) is 5.92 Å². The SMILES string of the molecule is COc1ccccc1NC(=O)N(C)CC1CC(O)C1. The zero-order chi connectivity index (χ0) is 13.8. The average Bonchev–Trinajstić information content (AvgIpc) is 2.37. The summed E-state index contributed by atoms with van der Waals surface area (Å²) in [5.41, 5.74) is 0.662. The van der Waals surface area contributed by atoms with Gasteiger partial charge in [0, 0.05) is 13.6 Å². The number of nitrogens with zero attached hydrogens (tertiary/aromatic N) is 1. The molecule has 104 valence electrons. The predicted octanol–water partition coefficient (Wildman–Crippen LogP) is 1.93. The third-order valence-corrected chi connectivity index (χ3v) is 3.44. The minimum atomic E-state index is -0.185. The molecule has 0 aliphatic heterocycles. The first-order valence-electron chi connectivity index (χ1n) is 6.43. The summed E-state index contributed by atoms with van der Waals surface area (Å²) in [6, 6.07) is 7.15. The van der Waals surface area contributed by atoms with Crippen LogP contribution in [0.15, 0.2) is 24.3 Å². The van der Waals surface area contributed by atoms with Crippen LogP contribution in [-0.4, -0.2) is 42.8 Å². The Bertz CT molecular complexity index is 444. The highest BCUT2D eigenvalue weighted by Gasteiger charge is 2.29. The smallest absolute Gasteiger partial charge is 0.321 e. The molecule has 0 spiro atoms. The molecule has 5 nitrogen and oxygen atoms in total. The lowest BCUT2D eigenvalue weighted by molar-refractivity contribution is 0.0332. The number of benzene rings is 1. The highest BCUT2D eigenvalue weighted by Crippen LogP contribution is 2.28. The lowest BCUT2D eigenvalue weighted by Gasteiger charge is -2.34. The van der Waals surface area contributed by atoms with E-state index >= 15 is 0 Å². The van der Waals surface area contributed by atoms with E-state index in [9.17, 15) is 9.90 Å². The van der Waals surface area contributed by atoms with Crippen molar-refractivity contribution in [1.29, 1.82) is 0 Å². The number of hydrogen-bond acceptors (Lipinski definition) is 3. The maximum atomic E-state index is 12.0. The number of methoxy groups -OCH3 is 1. The number of hydrogen-bond donors (Lipinski definition) is 2. The quantitative estimate of drug-likeness (QED) is 0.873. The molecule has 2 amide bonds. The molecular weight excluding hydrogens is 244 g/mol. The summed E-state index contributed by atoms with van der Waals surface area (Å²) >= 11 is 0. The summed E-state index contributed by atoms with van der Waals surface area (Å²) in [6.07, 6.45) is 1.38. The van der Waals surface area contributed by atoms with Crippen molar-refractivity contribution in [3.63, 3.8) is 0 Å². The molecule has 0 saturated heterocycles. The van der Waals surface area contributed by atoms with Crippen molar-refractivity contribution in [3.8, 4) is 5.75 Å². The zero-order valence-electron chi connectivity index (χ0n) is 11.3. The topological polar surface area (TPSA) is 61.8 Å². The average molecular weight is 264 g/mol. The van der Waals surface area contributed by atoms with E-state index in [4.69, 9.17) is 4.74 Å². The van der Waals surface area contributed by atoms with Crippen LogP contribution in [0.2, 0.25) is 0 Å². The zero-order valence-corrected chi connectivity index (χ0v) is 11.3. The first-order chi connectivity index (χ1) is 9.10. The molecule has 1 fully saturated rings. The predicted molar refractivity (Wildman–Crippen MR) is 73.4 cm³/mol. The van der Waals surface area contributed by atoms with E-state index in [1.54, 1.807) is 31.2 Å². The summed E-state index contributed by atoms with van der Waals surface area (Å²) in [5.74, 6) is 1.05. The van der Waals surface area contributed by atoms with Gasteiger partial charge in [-0.15, -0.1) is 0 Å². The molecule has 5 heteroatoms. The minimum Gasteiger partial charge on any atom is -0.495 e. The fourth-order valence-corrected chi connectivity index (χ4v) is 2.28. The molecule has 0 unspecified atom stereocenters. The summed E-state index contributed by atoms with van der Waals surface area (Å²) in [6.45, 7) is 0.665. The molecule has 1 aromatic carbocycles. The minimum absolute atomic E-state index is 0.161. The Labute approximate surface area is 113 Å². The Balaban J connectivity index is 1.89. The standard InChI is InChI=1S/C14H20N2O3/c1-16(9-10-7-11(17)8-10)14(18)15-12-5-3-4-6-13(12)19-2/h3-6,10-11,17H,7-9H2,1-2H3,(H,15,18). The Morgan fingerprint density at radius 2 is 2.16 bits per heavy atom. The van der Waals surface area contributed by atoms with Gasteiger partial charge in [-0.1, -0.05) is 12.1 Å². The van der Waals surface area contributed by atoms with E-state index in [1.807, 2.05) is 12.1 Å². The van der Waals surface area contributed by atoms with Crippen LogP contribution in [0.25, 0.3) is 0 Å². The molecule has 2 rings (SSSR count). The van der Waals surface area contributed by atoms with Gasteiger partial charge in [0.2, 0.25) is 0 Å². The fraction of sp³-hybridized carbons (Fsp3) is 0.500. The fourth-order valence-electron chi connectivity index (χ4n) is 2.28. The van der Waals surface area contributed by atoms with Gasteiger partial charge >= 0.3 is 6.03 Å². The molecule has 2 N–H and O–H groups in total. The molecule has 1 aromatic rings. The van der Waals surface area contributed by atoms with Crippen molar-refractivity contribution < 1.29 is 14.6 Å². The van der Waals surface area contributed by atoms with E-state index in [2.05, 4.69) is 5.32 Å². The number of nitrogens with one attached hydrogen (secondary N) is 1. The molecule has 1 aliphatic rings. The first-order valence-corrected chi connectivity index (χ1v) is 6.43. The van der Waals surface area contributed by atoms with Gasteiger partial charge in [-0.3, -0.25) is 0 Å². The van der Waals surface area contributed by atoms with Gasteiger partial charge < -0.3 is 20.1 Å². The van der Waals surface area contributed by atoms with E-state index in [-0.39, 0.29) is 12.1 Å². The molecule has 0 radical (unpaired) electrons. The maximum Gasteiger partial charge on any atom is 0.321 e.